The molecule has 21 heavy (non-hydrogen) atoms. The molecule has 0 spiro atoms. The Balaban J connectivity index is 1.69. The van der Waals surface area contributed by atoms with Gasteiger partial charge in [0.2, 0.25) is 0 Å². The molecule has 0 atom stereocenters. The Morgan fingerprint density at radius 1 is 1.29 bits per heavy atom. The van der Waals surface area contributed by atoms with Crippen LogP contribution in [-0.2, 0) is 0 Å². The fourth-order valence-electron chi connectivity index (χ4n) is 2.44. The zero-order valence-electron chi connectivity index (χ0n) is 12.4. The summed E-state index contributed by atoms with van der Waals surface area (Å²) in [6, 6.07) is 6.75. The average Bonchev–Trinajstić information content (AvgIpc) is 2.97. The molecular formula is C16H22N2O2S. The van der Waals surface area contributed by atoms with Crippen molar-refractivity contribution in [1.82, 2.24) is 5.32 Å². The molecule has 0 aliphatic heterocycles. The molecule has 1 aromatic rings. The summed E-state index contributed by atoms with van der Waals surface area (Å²) in [5.41, 5.74) is 1.24. The summed E-state index contributed by atoms with van der Waals surface area (Å²) >= 11 is 1.95. The molecule has 1 aliphatic carbocycles. The predicted octanol–water partition coefficient (Wildman–Crippen LogP) is 3.69. The minimum absolute atomic E-state index is 0.00739. The van der Waals surface area contributed by atoms with Crippen LogP contribution < -0.4 is 10.6 Å². The second-order valence-electron chi connectivity index (χ2n) is 5.30. The summed E-state index contributed by atoms with van der Waals surface area (Å²) in [6.07, 6.45) is 5.32. The van der Waals surface area contributed by atoms with E-state index in [1.165, 1.54) is 32.6 Å². The lowest BCUT2D eigenvalue weighted by atomic mass is 10.1. The van der Waals surface area contributed by atoms with E-state index in [9.17, 15) is 9.59 Å². The number of hydrogen-bond donors (Lipinski definition) is 2. The molecule has 0 heterocycles. The first-order valence-electron chi connectivity index (χ1n) is 7.42. The Bertz CT molecular complexity index is 499. The van der Waals surface area contributed by atoms with E-state index in [2.05, 4.69) is 10.6 Å². The Morgan fingerprint density at radius 2 is 2.05 bits per heavy atom. The Kier molecular flexibility index (Phi) is 6.11. The van der Waals surface area contributed by atoms with Gasteiger partial charge in [0.25, 0.3) is 0 Å². The van der Waals surface area contributed by atoms with E-state index in [4.69, 9.17) is 0 Å². The Hall–Kier alpha value is -1.49. The summed E-state index contributed by atoms with van der Waals surface area (Å²) in [5.74, 6) is 0.943. The van der Waals surface area contributed by atoms with Crippen LogP contribution in [0.5, 0.6) is 0 Å². The third-order valence-electron chi connectivity index (χ3n) is 3.57. The van der Waals surface area contributed by atoms with Crippen LogP contribution in [0.15, 0.2) is 24.3 Å². The van der Waals surface area contributed by atoms with Gasteiger partial charge in [-0.05, 0) is 31.9 Å². The number of benzene rings is 1. The maximum Gasteiger partial charge on any atom is 0.319 e. The number of urea groups is 1. The first-order chi connectivity index (χ1) is 10.1. The predicted molar refractivity (Wildman–Crippen MR) is 88.2 cm³/mol. The van der Waals surface area contributed by atoms with Crippen molar-refractivity contribution in [2.24, 2.45) is 0 Å². The fraction of sp³-hybridized carbons (Fsp3) is 0.500. The normalized spacial score (nSPS) is 14.9. The molecule has 0 radical (unpaired) electrons. The number of Topliss-reactive ketones (excluding diaryl/α,β-unsaturated/α-hetero) is 1. The number of nitrogens with one attached hydrogen (secondary N) is 2. The van der Waals surface area contributed by atoms with Gasteiger partial charge >= 0.3 is 6.03 Å². The molecule has 1 saturated carbocycles. The lowest BCUT2D eigenvalue weighted by Crippen LogP contribution is -2.30. The molecule has 1 aromatic carbocycles. The van der Waals surface area contributed by atoms with Crippen LogP contribution >= 0.6 is 11.8 Å². The highest BCUT2D eigenvalue weighted by atomic mass is 32.2. The quantitative estimate of drug-likeness (QED) is 0.622. The van der Waals surface area contributed by atoms with Crippen molar-refractivity contribution >= 4 is 29.3 Å². The van der Waals surface area contributed by atoms with Crippen LogP contribution in [0.2, 0.25) is 0 Å². The van der Waals surface area contributed by atoms with E-state index >= 15 is 0 Å². The van der Waals surface area contributed by atoms with E-state index in [0.717, 1.165) is 11.0 Å². The van der Waals surface area contributed by atoms with Crippen molar-refractivity contribution in [1.29, 1.82) is 0 Å². The maximum absolute atomic E-state index is 11.8. The smallest absolute Gasteiger partial charge is 0.319 e. The minimum Gasteiger partial charge on any atom is -0.337 e. The zero-order chi connectivity index (χ0) is 15.1. The van der Waals surface area contributed by atoms with E-state index in [1.807, 2.05) is 11.8 Å². The molecule has 2 rings (SSSR count). The van der Waals surface area contributed by atoms with Crippen LogP contribution in [-0.4, -0.2) is 29.4 Å². The number of amides is 2. The van der Waals surface area contributed by atoms with Gasteiger partial charge in [-0.25, -0.2) is 4.79 Å². The number of anilines is 1. The van der Waals surface area contributed by atoms with Gasteiger partial charge in [0.15, 0.2) is 5.78 Å². The highest BCUT2D eigenvalue weighted by molar-refractivity contribution is 7.99. The third-order valence-corrected chi connectivity index (χ3v) is 4.95. The van der Waals surface area contributed by atoms with Gasteiger partial charge in [0, 0.05) is 28.8 Å². The highest BCUT2D eigenvalue weighted by Crippen LogP contribution is 2.28. The van der Waals surface area contributed by atoms with Crippen molar-refractivity contribution in [2.45, 2.75) is 37.9 Å². The first-order valence-corrected chi connectivity index (χ1v) is 8.47. The number of rotatable bonds is 6. The van der Waals surface area contributed by atoms with Gasteiger partial charge in [-0.3, -0.25) is 4.79 Å². The number of ketones is 1. The van der Waals surface area contributed by atoms with Gasteiger partial charge in [0.05, 0.1) is 0 Å². The van der Waals surface area contributed by atoms with E-state index < -0.39 is 0 Å². The SMILES string of the molecule is CC(=O)c1cccc(NC(=O)NCCSC2CCCC2)c1. The first kappa shape index (κ1) is 15.9. The highest BCUT2D eigenvalue weighted by Gasteiger charge is 2.14. The summed E-state index contributed by atoms with van der Waals surface area (Å²) < 4.78 is 0. The molecule has 114 valence electrons. The zero-order valence-corrected chi connectivity index (χ0v) is 13.2. The van der Waals surface area contributed by atoms with Crippen LogP contribution in [0.1, 0.15) is 43.0 Å². The van der Waals surface area contributed by atoms with Gasteiger partial charge < -0.3 is 10.6 Å². The van der Waals surface area contributed by atoms with Crippen LogP contribution in [0.4, 0.5) is 10.5 Å². The molecule has 4 nitrogen and oxygen atoms in total. The minimum atomic E-state index is -0.220. The summed E-state index contributed by atoms with van der Waals surface area (Å²) in [7, 11) is 0. The van der Waals surface area contributed by atoms with E-state index in [1.54, 1.807) is 24.3 Å². The lowest BCUT2D eigenvalue weighted by molar-refractivity contribution is 0.101. The van der Waals surface area contributed by atoms with E-state index in [0.29, 0.717) is 17.8 Å². The standard InChI is InChI=1S/C16H22N2O2S/c1-12(19)13-5-4-6-14(11-13)18-16(20)17-9-10-21-15-7-2-3-8-15/h4-6,11,15H,2-3,7-10H2,1H3,(H2,17,18,20). The molecule has 0 saturated heterocycles. The van der Waals surface area contributed by atoms with Crippen LogP contribution in [0.3, 0.4) is 0 Å². The average molecular weight is 306 g/mol. The van der Waals surface area contributed by atoms with Crippen molar-refractivity contribution in [3.05, 3.63) is 29.8 Å². The number of hydrogen-bond acceptors (Lipinski definition) is 3. The molecule has 2 amide bonds. The Morgan fingerprint density at radius 3 is 2.76 bits per heavy atom. The van der Waals surface area contributed by atoms with Crippen LogP contribution in [0.25, 0.3) is 0 Å². The summed E-state index contributed by atoms with van der Waals surface area (Å²) in [6.45, 7) is 2.18. The number of carbonyl (C=O) groups excluding carboxylic acids is 2. The summed E-state index contributed by atoms with van der Waals surface area (Å²) in [4.78, 5) is 23.1. The molecule has 0 aromatic heterocycles. The van der Waals surface area contributed by atoms with Crippen molar-refractivity contribution < 1.29 is 9.59 Å². The fourth-order valence-corrected chi connectivity index (χ4v) is 3.66. The number of carbonyl (C=O) groups is 2. The topological polar surface area (TPSA) is 58.2 Å². The van der Waals surface area contributed by atoms with Gasteiger partial charge in [-0.2, -0.15) is 11.8 Å². The lowest BCUT2D eigenvalue weighted by Gasteiger charge is -2.10. The molecular weight excluding hydrogens is 284 g/mol. The van der Waals surface area contributed by atoms with E-state index in [-0.39, 0.29) is 11.8 Å². The summed E-state index contributed by atoms with van der Waals surface area (Å²) in [5, 5.41) is 6.38. The monoisotopic (exact) mass is 306 g/mol. The second kappa shape index (κ2) is 8.08. The largest absolute Gasteiger partial charge is 0.337 e. The molecule has 0 bridgehead atoms. The molecule has 0 unspecified atom stereocenters. The van der Waals surface area contributed by atoms with Crippen LogP contribution in [0, 0.1) is 0 Å². The molecule has 5 heteroatoms. The molecule has 1 fully saturated rings. The maximum atomic E-state index is 11.8. The molecule has 1 aliphatic rings. The van der Waals surface area contributed by atoms with Gasteiger partial charge in [-0.15, -0.1) is 0 Å². The van der Waals surface area contributed by atoms with Gasteiger partial charge in [0.1, 0.15) is 0 Å². The second-order valence-corrected chi connectivity index (χ2v) is 6.70. The van der Waals surface area contributed by atoms with Crippen molar-refractivity contribution in [2.75, 3.05) is 17.6 Å². The van der Waals surface area contributed by atoms with Crippen molar-refractivity contribution in [3.8, 4) is 0 Å². The third kappa shape index (κ3) is 5.42. The number of thioether (sulfide) groups is 1. The van der Waals surface area contributed by atoms with Gasteiger partial charge in [-0.1, -0.05) is 25.0 Å². The Labute approximate surface area is 130 Å². The van der Waals surface area contributed by atoms with Crippen molar-refractivity contribution in [3.63, 3.8) is 0 Å². The molecule has 2 N–H and O–H groups in total.